The Kier molecular flexibility index (Phi) is 3.19. The molecule has 1 unspecified atom stereocenters. The van der Waals surface area contributed by atoms with Crippen molar-refractivity contribution in [3.8, 4) is 0 Å². The van der Waals surface area contributed by atoms with Gasteiger partial charge in [0.15, 0.2) is 9.84 Å². The summed E-state index contributed by atoms with van der Waals surface area (Å²) in [7, 11) is -3.30. The van der Waals surface area contributed by atoms with E-state index in [4.69, 9.17) is 5.73 Å². The highest BCUT2D eigenvalue weighted by atomic mass is 32.2. The predicted octanol–water partition coefficient (Wildman–Crippen LogP) is 1.07. The van der Waals surface area contributed by atoms with Crippen molar-refractivity contribution in [3.63, 3.8) is 0 Å². The third-order valence-corrected chi connectivity index (χ3v) is 5.71. The highest BCUT2D eigenvalue weighted by molar-refractivity contribution is 7.92. The summed E-state index contributed by atoms with van der Waals surface area (Å²) in [4.78, 5) is 11.6. The van der Waals surface area contributed by atoms with Crippen LogP contribution in [0.1, 0.15) is 25.0 Å². The summed E-state index contributed by atoms with van der Waals surface area (Å²) in [5.41, 5.74) is 7.01. The molecule has 0 aromatic heterocycles. The SMILES string of the molecule is CC(C)S(=O)(=O)c1cccc2c1CC(C(N)=O)C2. The van der Waals surface area contributed by atoms with Gasteiger partial charge in [-0.25, -0.2) is 8.42 Å². The van der Waals surface area contributed by atoms with Crippen LogP contribution in [-0.4, -0.2) is 19.6 Å². The Bertz CT molecular complexity index is 590. The average molecular weight is 267 g/mol. The summed E-state index contributed by atoms with van der Waals surface area (Å²) < 4.78 is 24.5. The molecule has 0 heterocycles. The van der Waals surface area contributed by atoms with Crippen LogP contribution in [0.3, 0.4) is 0 Å². The van der Waals surface area contributed by atoms with Crippen LogP contribution < -0.4 is 5.73 Å². The van der Waals surface area contributed by atoms with Crippen molar-refractivity contribution < 1.29 is 13.2 Å². The number of sulfone groups is 1. The van der Waals surface area contributed by atoms with E-state index in [0.29, 0.717) is 17.7 Å². The fourth-order valence-electron chi connectivity index (χ4n) is 2.34. The Morgan fingerprint density at radius 2 is 2.00 bits per heavy atom. The zero-order chi connectivity index (χ0) is 13.5. The van der Waals surface area contributed by atoms with E-state index in [1.54, 1.807) is 26.0 Å². The highest BCUT2D eigenvalue weighted by Gasteiger charge is 2.32. The molecule has 0 radical (unpaired) electrons. The van der Waals surface area contributed by atoms with E-state index in [1.807, 2.05) is 6.07 Å². The maximum Gasteiger partial charge on any atom is 0.221 e. The number of hydrogen-bond donors (Lipinski definition) is 1. The van der Waals surface area contributed by atoms with Crippen LogP contribution in [0.25, 0.3) is 0 Å². The molecule has 1 amide bonds. The van der Waals surface area contributed by atoms with Crippen LogP contribution in [-0.2, 0) is 27.5 Å². The number of nitrogens with two attached hydrogens (primary N) is 1. The topological polar surface area (TPSA) is 77.2 Å². The van der Waals surface area contributed by atoms with Crippen molar-refractivity contribution in [2.45, 2.75) is 36.8 Å². The minimum atomic E-state index is -3.30. The van der Waals surface area contributed by atoms with Crippen molar-refractivity contribution in [2.75, 3.05) is 0 Å². The summed E-state index contributed by atoms with van der Waals surface area (Å²) in [6, 6.07) is 5.23. The van der Waals surface area contributed by atoms with Gasteiger partial charge in [-0.3, -0.25) is 4.79 Å². The van der Waals surface area contributed by atoms with Gasteiger partial charge in [-0.05, 0) is 43.9 Å². The fraction of sp³-hybridized carbons (Fsp3) is 0.462. The van der Waals surface area contributed by atoms with Crippen LogP contribution >= 0.6 is 0 Å². The van der Waals surface area contributed by atoms with Crippen LogP contribution in [0.15, 0.2) is 23.1 Å². The van der Waals surface area contributed by atoms with E-state index >= 15 is 0 Å². The maximum atomic E-state index is 12.3. The number of benzene rings is 1. The lowest BCUT2D eigenvalue weighted by Gasteiger charge is -2.12. The second-order valence-corrected chi connectivity index (χ2v) is 7.47. The maximum absolute atomic E-state index is 12.3. The van der Waals surface area contributed by atoms with Crippen molar-refractivity contribution in [1.82, 2.24) is 0 Å². The third kappa shape index (κ3) is 2.03. The lowest BCUT2D eigenvalue weighted by atomic mass is 10.1. The molecule has 0 spiro atoms. The van der Waals surface area contributed by atoms with E-state index in [0.717, 1.165) is 11.1 Å². The van der Waals surface area contributed by atoms with Gasteiger partial charge in [0.05, 0.1) is 10.1 Å². The normalized spacial score (nSPS) is 18.9. The Hall–Kier alpha value is -1.36. The Morgan fingerprint density at radius 3 is 2.56 bits per heavy atom. The van der Waals surface area contributed by atoms with Gasteiger partial charge in [-0.1, -0.05) is 12.1 Å². The summed E-state index contributed by atoms with van der Waals surface area (Å²) >= 11 is 0. The lowest BCUT2D eigenvalue weighted by Crippen LogP contribution is -2.23. The van der Waals surface area contributed by atoms with Crippen molar-refractivity contribution in [3.05, 3.63) is 29.3 Å². The molecule has 0 saturated heterocycles. The molecule has 5 heteroatoms. The van der Waals surface area contributed by atoms with Crippen LogP contribution in [0, 0.1) is 5.92 Å². The molecule has 18 heavy (non-hydrogen) atoms. The standard InChI is InChI=1S/C13H17NO3S/c1-8(2)18(16,17)12-5-3-4-9-6-10(13(14)15)7-11(9)12/h3-5,8,10H,6-7H2,1-2H3,(H2,14,15). The molecule has 2 rings (SSSR count). The van der Waals surface area contributed by atoms with E-state index in [1.165, 1.54) is 0 Å². The Balaban J connectivity index is 2.51. The average Bonchev–Trinajstić information content (AvgIpc) is 2.71. The molecular weight excluding hydrogens is 250 g/mol. The first kappa shape index (κ1) is 13.1. The van der Waals surface area contributed by atoms with Gasteiger partial charge in [-0.2, -0.15) is 0 Å². The van der Waals surface area contributed by atoms with Gasteiger partial charge in [0.2, 0.25) is 5.91 Å². The number of carbonyl (C=O) groups is 1. The second-order valence-electron chi connectivity index (χ2n) is 5.00. The zero-order valence-electron chi connectivity index (χ0n) is 10.5. The first-order chi connectivity index (χ1) is 8.34. The molecule has 0 fully saturated rings. The number of primary amides is 1. The molecule has 1 aliphatic rings. The summed E-state index contributed by atoms with van der Waals surface area (Å²) in [5, 5.41) is -0.461. The number of carbonyl (C=O) groups excluding carboxylic acids is 1. The Labute approximate surface area is 107 Å². The smallest absolute Gasteiger partial charge is 0.221 e. The van der Waals surface area contributed by atoms with Crippen LogP contribution in [0.2, 0.25) is 0 Å². The predicted molar refractivity (Wildman–Crippen MR) is 68.9 cm³/mol. The van der Waals surface area contributed by atoms with Gasteiger partial charge >= 0.3 is 0 Å². The van der Waals surface area contributed by atoms with Gasteiger partial charge < -0.3 is 5.73 Å². The van der Waals surface area contributed by atoms with Crippen molar-refractivity contribution >= 4 is 15.7 Å². The van der Waals surface area contributed by atoms with E-state index in [-0.39, 0.29) is 11.8 Å². The fourth-order valence-corrected chi connectivity index (χ4v) is 3.67. The van der Waals surface area contributed by atoms with E-state index in [2.05, 4.69) is 0 Å². The molecule has 1 aromatic carbocycles. The zero-order valence-corrected chi connectivity index (χ0v) is 11.3. The first-order valence-electron chi connectivity index (χ1n) is 5.98. The molecular formula is C13H17NO3S. The molecule has 98 valence electrons. The van der Waals surface area contributed by atoms with Crippen molar-refractivity contribution in [1.29, 1.82) is 0 Å². The minimum Gasteiger partial charge on any atom is -0.369 e. The Morgan fingerprint density at radius 1 is 1.33 bits per heavy atom. The molecule has 2 N–H and O–H groups in total. The number of hydrogen-bond acceptors (Lipinski definition) is 3. The highest BCUT2D eigenvalue weighted by Crippen LogP contribution is 2.33. The molecule has 1 aliphatic carbocycles. The van der Waals surface area contributed by atoms with Gasteiger partial charge in [0.1, 0.15) is 0 Å². The second kappa shape index (κ2) is 4.39. The summed E-state index contributed by atoms with van der Waals surface area (Å²) in [5.74, 6) is -0.636. The monoisotopic (exact) mass is 267 g/mol. The molecule has 4 nitrogen and oxygen atoms in total. The number of fused-ring (bicyclic) bond motifs is 1. The number of rotatable bonds is 3. The lowest BCUT2D eigenvalue weighted by molar-refractivity contribution is -0.121. The molecule has 0 bridgehead atoms. The minimum absolute atomic E-state index is 0.275. The van der Waals surface area contributed by atoms with Crippen molar-refractivity contribution in [2.24, 2.45) is 11.7 Å². The molecule has 1 atom stereocenters. The molecule has 0 saturated carbocycles. The summed E-state index contributed by atoms with van der Waals surface area (Å²) in [6.45, 7) is 3.32. The quantitative estimate of drug-likeness (QED) is 0.889. The van der Waals surface area contributed by atoms with Crippen LogP contribution in [0.5, 0.6) is 0 Å². The third-order valence-electron chi connectivity index (χ3n) is 3.48. The summed E-state index contributed by atoms with van der Waals surface area (Å²) in [6.07, 6.45) is 0.985. The first-order valence-corrected chi connectivity index (χ1v) is 7.52. The van der Waals surface area contributed by atoms with E-state index < -0.39 is 15.1 Å². The molecule has 1 aromatic rings. The largest absolute Gasteiger partial charge is 0.369 e. The van der Waals surface area contributed by atoms with Gasteiger partial charge in [0.25, 0.3) is 0 Å². The van der Waals surface area contributed by atoms with E-state index in [9.17, 15) is 13.2 Å². The number of amides is 1. The van der Waals surface area contributed by atoms with Crippen LogP contribution in [0.4, 0.5) is 0 Å². The molecule has 0 aliphatic heterocycles. The van der Waals surface area contributed by atoms with Gasteiger partial charge in [0, 0.05) is 5.92 Å². The van der Waals surface area contributed by atoms with Gasteiger partial charge in [-0.15, -0.1) is 0 Å².